The lowest BCUT2D eigenvalue weighted by Crippen LogP contribution is -2.55. The van der Waals surface area contributed by atoms with Crippen LogP contribution >= 0.6 is 23.2 Å². The standard InChI is InChI=1S/C29H33Cl2N3O4S/c1-5-24(28(36)32-29(2,3)4)33(19-21-13-8-6-9-14-21)26(35)20-34(25-18-12-17-23(30)27(25)31)39(37,38)22-15-10-7-11-16-22/h6-18,24H,5,19-20H2,1-4H3,(H,32,36)/t24-/m1/s1. The molecule has 0 radical (unpaired) electrons. The Kier molecular flexibility index (Phi) is 10.0. The molecule has 0 spiro atoms. The fourth-order valence-electron chi connectivity index (χ4n) is 4.07. The van der Waals surface area contributed by atoms with Crippen LogP contribution in [-0.4, -0.2) is 43.3 Å². The molecule has 0 saturated heterocycles. The van der Waals surface area contributed by atoms with E-state index in [9.17, 15) is 18.0 Å². The molecule has 208 valence electrons. The molecule has 1 atom stereocenters. The van der Waals surface area contributed by atoms with Gasteiger partial charge in [-0.25, -0.2) is 8.42 Å². The van der Waals surface area contributed by atoms with E-state index in [2.05, 4.69) is 5.32 Å². The van der Waals surface area contributed by atoms with Crippen LogP contribution in [0.5, 0.6) is 0 Å². The highest BCUT2D eigenvalue weighted by Crippen LogP contribution is 2.35. The summed E-state index contributed by atoms with van der Waals surface area (Å²) in [7, 11) is -4.23. The number of anilines is 1. The largest absolute Gasteiger partial charge is 0.350 e. The van der Waals surface area contributed by atoms with Gasteiger partial charge in [0.05, 0.1) is 20.6 Å². The first kappa shape index (κ1) is 30.5. The summed E-state index contributed by atoms with van der Waals surface area (Å²) >= 11 is 12.7. The second kappa shape index (κ2) is 12.9. The number of hydrogen-bond donors (Lipinski definition) is 1. The molecule has 0 aliphatic carbocycles. The molecule has 39 heavy (non-hydrogen) atoms. The summed E-state index contributed by atoms with van der Waals surface area (Å²) < 4.78 is 28.6. The Balaban J connectivity index is 2.09. The number of nitrogens with zero attached hydrogens (tertiary/aromatic N) is 2. The molecule has 0 saturated carbocycles. The molecule has 0 unspecified atom stereocenters. The highest BCUT2D eigenvalue weighted by molar-refractivity contribution is 7.92. The molecule has 7 nitrogen and oxygen atoms in total. The van der Waals surface area contributed by atoms with Crippen molar-refractivity contribution in [2.24, 2.45) is 0 Å². The molecule has 0 aliphatic rings. The van der Waals surface area contributed by atoms with E-state index in [-0.39, 0.29) is 33.1 Å². The fraction of sp³-hybridized carbons (Fsp3) is 0.310. The van der Waals surface area contributed by atoms with E-state index in [4.69, 9.17) is 23.2 Å². The molecule has 0 heterocycles. The number of rotatable bonds is 10. The average Bonchev–Trinajstić information content (AvgIpc) is 2.89. The van der Waals surface area contributed by atoms with Crippen LogP contribution in [-0.2, 0) is 26.2 Å². The van der Waals surface area contributed by atoms with Crippen LogP contribution in [0.4, 0.5) is 5.69 Å². The maximum absolute atomic E-state index is 14.0. The predicted molar refractivity (Wildman–Crippen MR) is 156 cm³/mol. The Labute approximate surface area is 240 Å². The Morgan fingerprint density at radius 2 is 1.49 bits per heavy atom. The third-order valence-corrected chi connectivity index (χ3v) is 8.47. The van der Waals surface area contributed by atoms with Crippen molar-refractivity contribution < 1.29 is 18.0 Å². The van der Waals surface area contributed by atoms with Crippen LogP contribution in [0.1, 0.15) is 39.7 Å². The van der Waals surface area contributed by atoms with Crippen molar-refractivity contribution in [2.45, 2.75) is 57.1 Å². The number of halogens is 2. The number of amides is 2. The van der Waals surface area contributed by atoms with Crippen LogP contribution in [0.3, 0.4) is 0 Å². The highest BCUT2D eigenvalue weighted by atomic mass is 35.5. The topological polar surface area (TPSA) is 86.8 Å². The Morgan fingerprint density at radius 1 is 0.897 bits per heavy atom. The smallest absolute Gasteiger partial charge is 0.264 e. The molecular formula is C29H33Cl2N3O4S. The van der Waals surface area contributed by atoms with Crippen LogP contribution in [0.2, 0.25) is 10.0 Å². The number of carbonyl (C=O) groups excluding carboxylic acids is 2. The lowest BCUT2D eigenvalue weighted by molar-refractivity contribution is -0.141. The molecule has 3 rings (SSSR count). The average molecular weight is 591 g/mol. The number of sulfonamides is 1. The zero-order chi connectivity index (χ0) is 28.8. The molecule has 3 aromatic carbocycles. The van der Waals surface area contributed by atoms with E-state index in [1.807, 2.05) is 58.0 Å². The van der Waals surface area contributed by atoms with Crippen LogP contribution in [0, 0.1) is 0 Å². The summed E-state index contributed by atoms with van der Waals surface area (Å²) in [6, 6.07) is 20.8. The minimum absolute atomic E-state index is 0.00130. The first-order valence-electron chi connectivity index (χ1n) is 12.5. The quantitative estimate of drug-likeness (QED) is 0.318. The number of carbonyl (C=O) groups is 2. The van der Waals surface area contributed by atoms with Crippen molar-refractivity contribution in [3.63, 3.8) is 0 Å². The minimum atomic E-state index is -4.23. The summed E-state index contributed by atoms with van der Waals surface area (Å²) in [5.74, 6) is -0.891. The van der Waals surface area contributed by atoms with Gasteiger partial charge in [0, 0.05) is 12.1 Å². The SMILES string of the molecule is CC[C@H](C(=O)NC(C)(C)C)N(Cc1ccccc1)C(=O)CN(c1cccc(Cl)c1Cl)S(=O)(=O)c1ccccc1. The highest BCUT2D eigenvalue weighted by Gasteiger charge is 2.35. The number of hydrogen-bond acceptors (Lipinski definition) is 4. The van der Waals surface area contributed by atoms with Gasteiger partial charge in [-0.1, -0.05) is 84.7 Å². The van der Waals surface area contributed by atoms with E-state index in [1.165, 1.54) is 29.2 Å². The van der Waals surface area contributed by atoms with Crippen molar-refractivity contribution in [2.75, 3.05) is 10.8 Å². The third-order valence-electron chi connectivity index (χ3n) is 5.89. The second-order valence-corrected chi connectivity index (χ2v) is 12.7. The van der Waals surface area contributed by atoms with Gasteiger partial charge in [0.2, 0.25) is 11.8 Å². The summed E-state index contributed by atoms with van der Waals surface area (Å²) in [5, 5.41) is 3.09. The Hall–Kier alpha value is -3.07. The number of nitrogens with one attached hydrogen (secondary N) is 1. The van der Waals surface area contributed by atoms with Crippen LogP contribution in [0.25, 0.3) is 0 Å². The molecular weight excluding hydrogens is 557 g/mol. The third kappa shape index (κ3) is 7.75. The van der Waals surface area contributed by atoms with E-state index in [1.54, 1.807) is 24.3 Å². The molecule has 0 bridgehead atoms. The fourth-order valence-corrected chi connectivity index (χ4v) is 5.97. The minimum Gasteiger partial charge on any atom is -0.350 e. The van der Waals surface area contributed by atoms with Gasteiger partial charge < -0.3 is 10.2 Å². The molecule has 1 N–H and O–H groups in total. The molecule has 0 fully saturated rings. The van der Waals surface area contributed by atoms with Crippen molar-refractivity contribution in [3.05, 3.63) is 94.5 Å². The lowest BCUT2D eigenvalue weighted by Gasteiger charge is -2.35. The van der Waals surface area contributed by atoms with Crippen molar-refractivity contribution in [3.8, 4) is 0 Å². The van der Waals surface area contributed by atoms with E-state index in [0.717, 1.165) is 9.87 Å². The summed E-state index contributed by atoms with van der Waals surface area (Å²) in [6.07, 6.45) is 0.323. The van der Waals surface area contributed by atoms with E-state index in [0.29, 0.717) is 6.42 Å². The Bertz CT molecular complexity index is 1400. The molecule has 0 aliphatic heterocycles. The summed E-state index contributed by atoms with van der Waals surface area (Å²) in [5.41, 5.74) is 0.336. The van der Waals surface area contributed by atoms with E-state index < -0.39 is 34.1 Å². The summed E-state index contributed by atoms with van der Waals surface area (Å²) in [4.78, 5) is 28.8. The first-order valence-corrected chi connectivity index (χ1v) is 14.7. The van der Waals surface area contributed by atoms with Crippen LogP contribution < -0.4 is 9.62 Å². The van der Waals surface area contributed by atoms with E-state index >= 15 is 0 Å². The maximum Gasteiger partial charge on any atom is 0.264 e. The van der Waals surface area contributed by atoms with Crippen molar-refractivity contribution >= 4 is 50.7 Å². The molecule has 3 aromatic rings. The second-order valence-electron chi connectivity index (χ2n) is 10.1. The van der Waals surface area contributed by atoms with Crippen molar-refractivity contribution in [1.29, 1.82) is 0 Å². The lowest BCUT2D eigenvalue weighted by atomic mass is 10.1. The van der Waals surface area contributed by atoms with Gasteiger partial charge in [0.15, 0.2) is 0 Å². The zero-order valence-corrected chi connectivity index (χ0v) is 24.7. The van der Waals surface area contributed by atoms with Gasteiger partial charge in [-0.2, -0.15) is 0 Å². The zero-order valence-electron chi connectivity index (χ0n) is 22.4. The Morgan fingerprint density at radius 3 is 2.05 bits per heavy atom. The van der Waals surface area contributed by atoms with Gasteiger partial charge in [-0.05, 0) is 57.0 Å². The van der Waals surface area contributed by atoms with Crippen LogP contribution in [0.15, 0.2) is 83.8 Å². The van der Waals surface area contributed by atoms with Crippen molar-refractivity contribution in [1.82, 2.24) is 10.2 Å². The molecule has 10 heteroatoms. The monoisotopic (exact) mass is 589 g/mol. The molecule has 0 aromatic heterocycles. The maximum atomic E-state index is 14.0. The normalized spacial score (nSPS) is 12.5. The predicted octanol–water partition coefficient (Wildman–Crippen LogP) is 5.91. The van der Waals surface area contributed by atoms with Gasteiger partial charge >= 0.3 is 0 Å². The number of benzene rings is 3. The summed E-state index contributed by atoms with van der Waals surface area (Å²) in [6.45, 7) is 6.90. The van der Waals surface area contributed by atoms with Gasteiger partial charge in [-0.3, -0.25) is 13.9 Å². The van der Waals surface area contributed by atoms with Gasteiger partial charge in [-0.15, -0.1) is 0 Å². The molecule has 2 amide bonds. The first-order chi connectivity index (χ1) is 18.3. The van der Waals surface area contributed by atoms with Gasteiger partial charge in [0.1, 0.15) is 12.6 Å². The van der Waals surface area contributed by atoms with Gasteiger partial charge in [0.25, 0.3) is 10.0 Å².